The van der Waals surface area contributed by atoms with Crippen molar-refractivity contribution in [2.24, 2.45) is 0 Å². The Labute approximate surface area is 85.4 Å². The quantitative estimate of drug-likeness (QED) is 0.672. The molecule has 1 saturated carbocycles. The molecule has 1 aliphatic rings. The highest BCUT2D eigenvalue weighted by atomic mass is 16.5. The lowest BCUT2D eigenvalue weighted by atomic mass is 10.1. The van der Waals surface area contributed by atoms with E-state index in [9.17, 15) is 4.79 Å². The first-order valence-electron chi connectivity index (χ1n) is 5.16. The molecule has 82 valence electrons. The van der Waals surface area contributed by atoms with Crippen LogP contribution in [-0.2, 0) is 4.74 Å². The van der Waals surface area contributed by atoms with Gasteiger partial charge < -0.3 is 15.4 Å². The van der Waals surface area contributed by atoms with Gasteiger partial charge in [-0.15, -0.1) is 0 Å². The molecule has 0 aliphatic heterocycles. The summed E-state index contributed by atoms with van der Waals surface area (Å²) >= 11 is 0. The maximum atomic E-state index is 11.2. The van der Waals surface area contributed by atoms with Crippen LogP contribution in [0.2, 0.25) is 0 Å². The van der Waals surface area contributed by atoms with Gasteiger partial charge in [0.2, 0.25) is 0 Å². The molecule has 0 heterocycles. The Balaban J connectivity index is 1.96. The molecular formula is C10H20N2O2. The lowest BCUT2D eigenvalue weighted by molar-refractivity contribution is 0.138. The molecule has 1 aliphatic carbocycles. The third-order valence-electron chi connectivity index (χ3n) is 1.82. The smallest absolute Gasteiger partial charge is 0.407 e. The Morgan fingerprint density at radius 2 is 2.07 bits per heavy atom. The van der Waals surface area contributed by atoms with E-state index in [0.717, 1.165) is 6.54 Å². The van der Waals surface area contributed by atoms with Gasteiger partial charge in [-0.05, 0) is 33.6 Å². The fourth-order valence-corrected chi connectivity index (χ4v) is 1.04. The first-order valence-corrected chi connectivity index (χ1v) is 5.16. The maximum Gasteiger partial charge on any atom is 0.407 e. The summed E-state index contributed by atoms with van der Waals surface area (Å²) in [5, 5.41) is 6.00. The second-order valence-corrected chi connectivity index (χ2v) is 4.74. The highest BCUT2D eigenvalue weighted by Gasteiger charge is 2.20. The lowest BCUT2D eigenvalue weighted by Crippen LogP contribution is -2.41. The fraction of sp³-hybridized carbons (Fsp3) is 0.900. The second kappa shape index (κ2) is 4.64. The van der Waals surface area contributed by atoms with Gasteiger partial charge in [-0.25, -0.2) is 4.79 Å². The summed E-state index contributed by atoms with van der Waals surface area (Å²) in [5.74, 6) is 0. The molecule has 0 unspecified atom stereocenters. The molecule has 1 amide bonds. The maximum absolute atomic E-state index is 11.2. The molecule has 0 aromatic rings. The molecule has 1 rings (SSSR count). The summed E-state index contributed by atoms with van der Waals surface area (Å²) in [7, 11) is 0. The van der Waals surface area contributed by atoms with E-state index in [1.165, 1.54) is 12.8 Å². The van der Waals surface area contributed by atoms with Gasteiger partial charge in [0.1, 0.15) is 6.61 Å². The third kappa shape index (κ3) is 5.80. The van der Waals surface area contributed by atoms with Gasteiger partial charge in [0.05, 0.1) is 0 Å². The molecule has 0 spiro atoms. The summed E-state index contributed by atoms with van der Waals surface area (Å²) in [4.78, 5) is 11.2. The molecule has 1 fully saturated rings. The van der Waals surface area contributed by atoms with Crippen molar-refractivity contribution in [1.82, 2.24) is 10.6 Å². The fourth-order valence-electron chi connectivity index (χ4n) is 1.04. The van der Waals surface area contributed by atoms with Crippen LogP contribution in [0, 0.1) is 0 Å². The topological polar surface area (TPSA) is 50.4 Å². The summed E-state index contributed by atoms with van der Waals surface area (Å²) in [6.07, 6.45) is 2.18. The van der Waals surface area contributed by atoms with Crippen LogP contribution in [0.3, 0.4) is 0 Å². The zero-order valence-corrected chi connectivity index (χ0v) is 9.22. The molecule has 0 aromatic carbocycles. The molecule has 0 radical (unpaired) electrons. The van der Waals surface area contributed by atoms with Gasteiger partial charge in [-0.3, -0.25) is 0 Å². The highest BCUT2D eigenvalue weighted by Crippen LogP contribution is 2.17. The van der Waals surface area contributed by atoms with Crippen molar-refractivity contribution in [3.05, 3.63) is 0 Å². The zero-order valence-electron chi connectivity index (χ0n) is 9.22. The normalized spacial score (nSPS) is 16.5. The predicted molar refractivity (Wildman–Crippen MR) is 55.3 cm³/mol. The van der Waals surface area contributed by atoms with Crippen LogP contribution in [0.1, 0.15) is 33.6 Å². The van der Waals surface area contributed by atoms with E-state index >= 15 is 0 Å². The number of hydrogen-bond acceptors (Lipinski definition) is 3. The van der Waals surface area contributed by atoms with Gasteiger partial charge in [-0.1, -0.05) is 0 Å². The van der Waals surface area contributed by atoms with E-state index < -0.39 is 0 Å². The average Bonchev–Trinajstić information content (AvgIpc) is 2.77. The molecule has 0 saturated heterocycles. The third-order valence-corrected chi connectivity index (χ3v) is 1.82. The molecule has 2 N–H and O–H groups in total. The van der Waals surface area contributed by atoms with Crippen molar-refractivity contribution < 1.29 is 9.53 Å². The standard InChI is InChI=1S/C10H20N2O2/c1-10(2,3)12-9(13)14-7-6-11-8-4-5-8/h8,11H,4-7H2,1-3H3,(H,12,13). The Morgan fingerprint density at radius 3 is 2.57 bits per heavy atom. The summed E-state index contributed by atoms with van der Waals surface area (Å²) in [6, 6.07) is 0.671. The van der Waals surface area contributed by atoms with Crippen molar-refractivity contribution in [2.45, 2.75) is 45.2 Å². The van der Waals surface area contributed by atoms with Crippen LogP contribution >= 0.6 is 0 Å². The van der Waals surface area contributed by atoms with Crippen LogP contribution in [0.5, 0.6) is 0 Å². The van der Waals surface area contributed by atoms with Crippen molar-refractivity contribution in [3.8, 4) is 0 Å². The Hall–Kier alpha value is -0.770. The van der Waals surface area contributed by atoms with Crippen molar-refractivity contribution >= 4 is 6.09 Å². The van der Waals surface area contributed by atoms with Crippen LogP contribution in [-0.4, -0.2) is 30.8 Å². The lowest BCUT2D eigenvalue weighted by Gasteiger charge is -2.19. The summed E-state index contributed by atoms with van der Waals surface area (Å²) in [5.41, 5.74) is -0.221. The number of amides is 1. The minimum Gasteiger partial charge on any atom is -0.448 e. The van der Waals surface area contributed by atoms with Gasteiger partial charge in [0.15, 0.2) is 0 Å². The Kier molecular flexibility index (Phi) is 3.75. The molecule has 0 atom stereocenters. The van der Waals surface area contributed by atoms with Crippen LogP contribution in [0.4, 0.5) is 4.79 Å². The zero-order chi connectivity index (χ0) is 10.6. The van der Waals surface area contributed by atoms with Crippen molar-refractivity contribution in [3.63, 3.8) is 0 Å². The van der Waals surface area contributed by atoms with E-state index in [0.29, 0.717) is 12.6 Å². The van der Waals surface area contributed by atoms with Gasteiger partial charge in [-0.2, -0.15) is 0 Å². The molecule has 4 nitrogen and oxygen atoms in total. The largest absolute Gasteiger partial charge is 0.448 e. The van der Waals surface area contributed by atoms with Gasteiger partial charge in [0.25, 0.3) is 0 Å². The van der Waals surface area contributed by atoms with Crippen molar-refractivity contribution in [1.29, 1.82) is 0 Å². The molecule has 0 bridgehead atoms. The van der Waals surface area contributed by atoms with Gasteiger partial charge >= 0.3 is 6.09 Å². The molecule has 14 heavy (non-hydrogen) atoms. The minimum absolute atomic E-state index is 0.221. The Bertz CT molecular complexity index is 195. The summed E-state index contributed by atoms with van der Waals surface area (Å²) < 4.78 is 4.98. The van der Waals surface area contributed by atoms with Crippen LogP contribution < -0.4 is 10.6 Å². The predicted octanol–water partition coefficient (Wildman–Crippen LogP) is 1.26. The SMILES string of the molecule is CC(C)(C)NC(=O)OCCNC1CC1. The first kappa shape index (κ1) is 11.3. The van der Waals surface area contributed by atoms with Crippen LogP contribution in [0.15, 0.2) is 0 Å². The number of carbonyl (C=O) groups is 1. The van der Waals surface area contributed by atoms with Crippen LogP contribution in [0.25, 0.3) is 0 Å². The van der Waals surface area contributed by atoms with Crippen molar-refractivity contribution in [2.75, 3.05) is 13.2 Å². The number of alkyl carbamates (subject to hydrolysis) is 1. The second-order valence-electron chi connectivity index (χ2n) is 4.74. The van der Waals surface area contributed by atoms with E-state index in [2.05, 4.69) is 10.6 Å². The number of carbonyl (C=O) groups excluding carboxylic acids is 1. The number of nitrogens with one attached hydrogen (secondary N) is 2. The molecule has 4 heteroatoms. The van der Waals surface area contributed by atoms with Gasteiger partial charge in [0, 0.05) is 18.1 Å². The summed E-state index contributed by atoms with van der Waals surface area (Å²) in [6.45, 7) is 6.98. The van der Waals surface area contributed by atoms with E-state index in [4.69, 9.17) is 4.74 Å². The molecule has 0 aromatic heterocycles. The number of hydrogen-bond donors (Lipinski definition) is 2. The van der Waals surface area contributed by atoms with E-state index in [1.807, 2.05) is 20.8 Å². The monoisotopic (exact) mass is 200 g/mol. The number of rotatable bonds is 4. The molecular weight excluding hydrogens is 180 g/mol. The Morgan fingerprint density at radius 1 is 1.43 bits per heavy atom. The first-order chi connectivity index (χ1) is 6.47. The van der Waals surface area contributed by atoms with E-state index in [1.54, 1.807) is 0 Å². The minimum atomic E-state index is -0.338. The average molecular weight is 200 g/mol. The van der Waals surface area contributed by atoms with E-state index in [-0.39, 0.29) is 11.6 Å². The number of ether oxygens (including phenoxy) is 1. The highest BCUT2D eigenvalue weighted by molar-refractivity contribution is 5.68.